The van der Waals surface area contributed by atoms with Gasteiger partial charge >= 0.3 is 11.7 Å². The summed E-state index contributed by atoms with van der Waals surface area (Å²) < 4.78 is 6.51. The average molecular weight is 473 g/mol. The van der Waals surface area contributed by atoms with E-state index in [1.54, 1.807) is 12.1 Å². The number of aromatic nitrogens is 2. The van der Waals surface area contributed by atoms with Gasteiger partial charge in [0.15, 0.2) is 12.3 Å². The van der Waals surface area contributed by atoms with Crippen molar-refractivity contribution in [1.29, 1.82) is 0 Å². The first-order valence-electron chi connectivity index (χ1n) is 11.9. The Morgan fingerprint density at radius 2 is 1.71 bits per heavy atom. The first-order valence-corrected chi connectivity index (χ1v) is 11.9. The zero-order chi connectivity index (χ0) is 25.3. The van der Waals surface area contributed by atoms with Gasteiger partial charge in [-0.05, 0) is 36.5 Å². The molecular weight excluding hydrogens is 436 g/mol. The minimum atomic E-state index is -0.740. The second kappa shape index (κ2) is 12.8. The summed E-state index contributed by atoms with van der Waals surface area (Å²) in [5, 5.41) is 0. The third-order valence-corrected chi connectivity index (χ3v) is 5.65. The van der Waals surface area contributed by atoms with Crippen molar-refractivity contribution in [3.8, 4) is 0 Å². The molecule has 0 saturated carbocycles. The fourth-order valence-electron chi connectivity index (χ4n) is 3.55. The van der Waals surface area contributed by atoms with Crippen LogP contribution in [0.4, 0.5) is 11.5 Å². The molecule has 0 aliphatic heterocycles. The molecule has 3 N–H and O–H groups in total. The Bertz CT molecular complexity index is 1090. The van der Waals surface area contributed by atoms with Crippen LogP contribution >= 0.6 is 0 Å². The molecule has 0 radical (unpaired) electrons. The van der Waals surface area contributed by atoms with Crippen LogP contribution in [0, 0.1) is 0 Å². The summed E-state index contributed by atoms with van der Waals surface area (Å²) in [5.74, 6) is -0.955. The number of ether oxygens (including phenoxy) is 1. The Labute approximate surface area is 199 Å². The lowest BCUT2D eigenvalue weighted by molar-refractivity contribution is -0.121. The number of amides is 1. The fraction of sp³-hybridized carbons (Fsp3) is 0.520. The number of nitrogen functional groups attached to an aromatic ring is 1. The Kier molecular flexibility index (Phi) is 10.1. The lowest BCUT2D eigenvalue weighted by Gasteiger charge is -2.24. The summed E-state index contributed by atoms with van der Waals surface area (Å²) in [6.07, 6.45) is 3.88. The van der Waals surface area contributed by atoms with Gasteiger partial charge in [-0.15, -0.1) is 0 Å². The predicted molar refractivity (Wildman–Crippen MR) is 133 cm³/mol. The number of nitrogens with two attached hydrogens (primary N) is 1. The minimum absolute atomic E-state index is 0.0670. The van der Waals surface area contributed by atoms with Crippen LogP contribution in [0.15, 0.2) is 33.9 Å². The van der Waals surface area contributed by atoms with Crippen LogP contribution in [0.25, 0.3) is 0 Å². The third kappa shape index (κ3) is 6.82. The van der Waals surface area contributed by atoms with Crippen LogP contribution < -0.4 is 21.9 Å². The Balaban J connectivity index is 2.27. The number of carbonyl (C=O) groups excluding carboxylic acids is 2. The molecule has 0 aliphatic rings. The van der Waals surface area contributed by atoms with E-state index in [-0.39, 0.29) is 18.1 Å². The van der Waals surface area contributed by atoms with Gasteiger partial charge in [-0.1, -0.05) is 59.1 Å². The summed E-state index contributed by atoms with van der Waals surface area (Å²) in [6.45, 7) is 8.08. The molecule has 34 heavy (non-hydrogen) atoms. The second-order valence-electron chi connectivity index (χ2n) is 8.60. The molecule has 0 bridgehead atoms. The van der Waals surface area contributed by atoms with E-state index in [9.17, 15) is 19.2 Å². The molecule has 2 rings (SSSR count). The van der Waals surface area contributed by atoms with Gasteiger partial charge in [0, 0.05) is 13.1 Å². The van der Waals surface area contributed by atoms with Crippen molar-refractivity contribution in [2.24, 2.45) is 0 Å². The smallest absolute Gasteiger partial charge is 0.338 e. The molecular formula is C25H36N4O5. The van der Waals surface area contributed by atoms with E-state index in [2.05, 4.69) is 18.8 Å². The van der Waals surface area contributed by atoms with Gasteiger partial charge in [-0.25, -0.2) is 9.59 Å². The molecule has 1 heterocycles. The van der Waals surface area contributed by atoms with Crippen molar-refractivity contribution < 1.29 is 14.3 Å². The van der Waals surface area contributed by atoms with Gasteiger partial charge in [-0.3, -0.25) is 19.1 Å². The van der Waals surface area contributed by atoms with Gasteiger partial charge in [0.25, 0.3) is 11.5 Å². The highest BCUT2D eigenvalue weighted by molar-refractivity contribution is 5.98. The Hall–Kier alpha value is -3.36. The number of benzene rings is 1. The number of aromatic amines is 1. The van der Waals surface area contributed by atoms with Gasteiger partial charge < -0.3 is 15.4 Å². The number of unbranched alkanes of at least 4 members (excludes halogenated alkanes) is 3. The highest BCUT2D eigenvalue weighted by Crippen LogP contribution is 2.19. The number of nitrogens with one attached hydrogen (secondary N) is 1. The predicted octanol–water partition coefficient (Wildman–Crippen LogP) is 3.42. The van der Waals surface area contributed by atoms with Crippen molar-refractivity contribution in [2.75, 3.05) is 23.8 Å². The number of esters is 1. The number of anilines is 2. The van der Waals surface area contributed by atoms with Crippen molar-refractivity contribution in [3.63, 3.8) is 0 Å². The van der Waals surface area contributed by atoms with Crippen LogP contribution in [0.2, 0.25) is 0 Å². The van der Waals surface area contributed by atoms with Gasteiger partial charge in [0.2, 0.25) is 0 Å². The first-order chi connectivity index (χ1) is 16.2. The molecule has 1 aromatic carbocycles. The van der Waals surface area contributed by atoms with Crippen LogP contribution in [0.5, 0.6) is 0 Å². The van der Waals surface area contributed by atoms with Crippen molar-refractivity contribution in [3.05, 3.63) is 56.2 Å². The standard InChI is InChI=1S/C25H36N4O5/c1-5-7-9-15-28(21-22(26)29(14-8-6-2)25(33)27-23(21)31)20(30)16-34-24(32)19-12-10-18(11-13-19)17(3)4/h10-13,17H,5-9,14-16,26H2,1-4H3,(H,27,31,33). The second-order valence-corrected chi connectivity index (χ2v) is 8.60. The van der Waals surface area contributed by atoms with Crippen LogP contribution in [-0.4, -0.2) is 34.6 Å². The van der Waals surface area contributed by atoms with Gasteiger partial charge in [0.05, 0.1) is 5.56 Å². The van der Waals surface area contributed by atoms with Gasteiger partial charge in [0.1, 0.15) is 5.82 Å². The Morgan fingerprint density at radius 3 is 2.29 bits per heavy atom. The summed E-state index contributed by atoms with van der Waals surface area (Å²) in [7, 11) is 0. The highest BCUT2D eigenvalue weighted by atomic mass is 16.5. The monoisotopic (exact) mass is 472 g/mol. The normalized spacial score (nSPS) is 11.0. The maximum Gasteiger partial charge on any atom is 0.338 e. The lowest BCUT2D eigenvalue weighted by atomic mass is 10.0. The zero-order valence-corrected chi connectivity index (χ0v) is 20.6. The number of hydrogen-bond acceptors (Lipinski definition) is 6. The molecule has 0 unspecified atom stereocenters. The largest absolute Gasteiger partial charge is 0.452 e. The number of hydrogen-bond donors (Lipinski definition) is 2. The van der Waals surface area contributed by atoms with E-state index in [0.29, 0.717) is 30.9 Å². The van der Waals surface area contributed by atoms with Crippen LogP contribution in [0.3, 0.4) is 0 Å². The van der Waals surface area contributed by atoms with Crippen LogP contribution in [-0.2, 0) is 16.1 Å². The molecule has 0 aliphatic carbocycles. The topological polar surface area (TPSA) is 127 Å². The van der Waals surface area contributed by atoms with E-state index in [1.807, 2.05) is 26.0 Å². The SMILES string of the molecule is CCCCCN(C(=O)COC(=O)c1ccc(C(C)C)cc1)c1c(N)n(CCCC)c(=O)[nH]c1=O. The van der Waals surface area contributed by atoms with Crippen molar-refractivity contribution in [1.82, 2.24) is 9.55 Å². The van der Waals surface area contributed by atoms with Crippen LogP contribution in [0.1, 0.15) is 81.6 Å². The number of H-pyrrole nitrogens is 1. The number of nitrogens with zero attached hydrogens (tertiary/aromatic N) is 2. The molecule has 1 aromatic heterocycles. The van der Waals surface area contributed by atoms with Crippen molar-refractivity contribution >= 4 is 23.4 Å². The molecule has 0 fully saturated rings. The van der Waals surface area contributed by atoms with Crippen molar-refractivity contribution in [2.45, 2.75) is 72.3 Å². The first kappa shape index (κ1) is 26.9. The van der Waals surface area contributed by atoms with E-state index >= 15 is 0 Å². The molecule has 0 spiro atoms. The molecule has 0 atom stereocenters. The zero-order valence-electron chi connectivity index (χ0n) is 20.6. The van der Waals surface area contributed by atoms with E-state index in [4.69, 9.17) is 10.5 Å². The molecule has 186 valence electrons. The average Bonchev–Trinajstić information content (AvgIpc) is 2.81. The van der Waals surface area contributed by atoms with E-state index < -0.39 is 29.7 Å². The minimum Gasteiger partial charge on any atom is -0.452 e. The Morgan fingerprint density at radius 1 is 1.06 bits per heavy atom. The summed E-state index contributed by atoms with van der Waals surface area (Å²) in [4.78, 5) is 54.0. The summed E-state index contributed by atoms with van der Waals surface area (Å²) >= 11 is 0. The fourth-order valence-corrected chi connectivity index (χ4v) is 3.55. The molecule has 0 saturated heterocycles. The molecule has 1 amide bonds. The molecule has 9 heteroatoms. The van der Waals surface area contributed by atoms with Gasteiger partial charge in [-0.2, -0.15) is 0 Å². The number of rotatable bonds is 12. The third-order valence-electron chi connectivity index (χ3n) is 5.65. The van der Waals surface area contributed by atoms with E-state index in [1.165, 1.54) is 9.47 Å². The lowest BCUT2D eigenvalue weighted by Crippen LogP contribution is -2.43. The molecule has 2 aromatic rings. The maximum absolute atomic E-state index is 13.1. The summed E-state index contributed by atoms with van der Waals surface area (Å²) in [6, 6.07) is 7.01. The quantitative estimate of drug-likeness (QED) is 0.360. The maximum atomic E-state index is 13.1. The summed E-state index contributed by atoms with van der Waals surface area (Å²) in [5.41, 5.74) is 6.17. The highest BCUT2D eigenvalue weighted by Gasteiger charge is 2.25. The number of carbonyl (C=O) groups is 2. The molecule has 9 nitrogen and oxygen atoms in total. The van der Waals surface area contributed by atoms with E-state index in [0.717, 1.165) is 24.8 Å².